The van der Waals surface area contributed by atoms with E-state index in [1.165, 1.54) is 7.11 Å². The first-order valence-corrected chi connectivity index (χ1v) is 3.52. The SMILES string of the molecule is CCC(=O)O[P+](=O)OC.[H-].[Na+]. The average Bonchev–Trinajstić information content (AvgIpc) is 1.87. The normalized spacial score (nSPS) is 9.60. The van der Waals surface area contributed by atoms with Crippen molar-refractivity contribution in [3.05, 3.63) is 0 Å². The minimum atomic E-state index is -2.22. The van der Waals surface area contributed by atoms with Crippen LogP contribution in [0.2, 0.25) is 0 Å². The standard InChI is InChI=1S/C4H8O4P.Na.H/c1-3-4(5)8-9(6)7-2;;/h3H2,1-2H3;;/q2*+1;-1. The van der Waals surface area contributed by atoms with E-state index in [-0.39, 0.29) is 37.4 Å². The van der Waals surface area contributed by atoms with E-state index in [0.29, 0.717) is 0 Å². The number of hydrogen-bond donors (Lipinski definition) is 0. The van der Waals surface area contributed by atoms with Crippen molar-refractivity contribution in [1.29, 1.82) is 0 Å². The zero-order valence-corrected chi connectivity index (χ0v) is 9.18. The number of rotatable bonds is 3. The van der Waals surface area contributed by atoms with Crippen molar-refractivity contribution in [3.8, 4) is 0 Å². The third kappa shape index (κ3) is 6.65. The van der Waals surface area contributed by atoms with Gasteiger partial charge < -0.3 is 1.43 Å². The van der Waals surface area contributed by atoms with Gasteiger partial charge in [-0.3, -0.25) is 0 Å². The first-order chi connectivity index (χ1) is 4.20. The van der Waals surface area contributed by atoms with Gasteiger partial charge in [0, 0.05) is 11.0 Å². The molecule has 0 N–H and O–H groups in total. The fourth-order valence-electron chi connectivity index (χ4n) is 0.185. The summed E-state index contributed by atoms with van der Waals surface area (Å²) < 4.78 is 18.6. The molecule has 0 bridgehead atoms. The summed E-state index contributed by atoms with van der Waals surface area (Å²) >= 11 is 0. The van der Waals surface area contributed by atoms with Crippen LogP contribution in [0.5, 0.6) is 0 Å². The van der Waals surface area contributed by atoms with Crippen LogP contribution in [0.3, 0.4) is 0 Å². The topological polar surface area (TPSA) is 52.6 Å². The van der Waals surface area contributed by atoms with Crippen LogP contribution in [0.1, 0.15) is 14.8 Å². The molecule has 0 rings (SSSR count). The Morgan fingerprint density at radius 3 is 2.50 bits per heavy atom. The van der Waals surface area contributed by atoms with Crippen LogP contribution in [0.4, 0.5) is 0 Å². The van der Waals surface area contributed by atoms with Crippen molar-refractivity contribution in [2.24, 2.45) is 0 Å². The second-order valence-electron chi connectivity index (χ2n) is 1.22. The zero-order chi connectivity index (χ0) is 7.28. The Hall–Kier alpha value is 0.530. The summed E-state index contributed by atoms with van der Waals surface area (Å²) in [6.07, 6.45) is 0.213. The van der Waals surface area contributed by atoms with Crippen LogP contribution >= 0.6 is 8.25 Å². The molecule has 0 radical (unpaired) electrons. The van der Waals surface area contributed by atoms with E-state index >= 15 is 0 Å². The molecule has 10 heavy (non-hydrogen) atoms. The van der Waals surface area contributed by atoms with Gasteiger partial charge in [0.15, 0.2) is 0 Å². The molecule has 0 fully saturated rings. The molecule has 0 aliphatic rings. The fraction of sp³-hybridized carbons (Fsp3) is 0.750. The number of carbonyl (C=O) groups is 1. The summed E-state index contributed by atoms with van der Waals surface area (Å²) in [6, 6.07) is 0. The molecule has 0 amide bonds. The Balaban J connectivity index is -0.000000320. The third-order valence-corrected chi connectivity index (χ3v) is 1.26. The molecular formula is C4H9NaO4P+. The van der Waals surface area contributed by atoms with Gasteiger partial charge in [0.25, 0.3) is 0 Å². The molecule has 6 heteroatoms. The van der Waals surface area contributed by atoms with Crippen LogP contribution < -0.4 is 29.6 Å². The van der Waals surface area contributed by atoms with Crippen molar-refractivity contribution in [2.45, 2.75) is 13.3 Å². The molecule has 54 valence electrons. The molecule has 0 aliphatic heterocycles. The van der Waals surface area contributed by atoms with Crippen molar-refractivity contribution in [3.63, 3.8) is 0 Å². The van der Waals surface area contributed by atoms with Crippen molar-refractivity contribution in [1.82, 2.24) is 0 Å². The van der Waals surface area contributed by atoms with E-state index in [2.05, 4.69) is 9.05 Å². The molecule has 0 spiro atoms. The van der Waals surface area contributed by atoms with Gasteiger partial charge in [-0.25, -0.2) is 4.79 Å². The monoisotopic (exact) mass is 175 g/mol. The van der Waals surface area contributed by atoms with E-state index in [9.17, 15) is 9.36 Å². The van der Waals surface area contributed by atoms with Crippen LogP contribution in [0.25, 0.3) is 0 Å². The third-order valence-electron chi connectivity index (χ3n) is 0.614. The Morgan fingerprint density at radius 1 is 1.70 bits per heavy atom. The molecule has 1 unspecified atom stereocenters. The van der Waals surface area contributed by atoms with Gasteiger partial charge in [0.2, 0.25) is 0 Å². The van der Waals surface area contributed by atoms with E-state index in [1.807, 2.05) is 0 Å². The molecule has 1 atom stereocenters. The fourth-order valence-corrected chi connectivity index (χ4v) is 0.555. The predicted molar refractivity (Wildman–Crippen MR) is 32.1 cm³/mol. The first-order valence-electron chi connectivity index (χ1n) is 2.42. The van der Waals surface area contributed by atoms with Gasteiger partial charge in [-0.1, -0.05) is 6.92 Å². The molecule has 0 aliphatic carbocycles. The molecular weight excluding hydrogens is 166 g/mol. The summed E-state index contributed by atoms with van der Waals surface area (Å²) in [5.41, 5.74) is 0. The largest absolute Gasteiger partial charge is 1.00 e. The summed E-state index contributed by atoms with van der Waals surface area (Å²) in [5.74, 6) is -0.516. The van der Waals surface area contributed by atoms with Gasteiger partial charge in [-0.15, -0.1) is 4.52 Å². The second-order valence-corrected chi connectivity index (χ2v) is 2.22. The maximum absolute atomic E-state index is 10.3. The van der Waals surface area contributed by atoms with Crippen molar-refractivity contribution >= 4 is 14.2 Å². The van der Waals surface area contributed by atoms with Gasteiger partial charge in [-0.05, 0) is 0 Å². The quantitative estimate of drug-likeness (QED) is 0.381. The molecule has 0 saturated carbocycles. The molecule has 0 aromatic rings. The van der Waals surface area contributed by atoms with Gasteiger partial charge >= 0.3 is 43.8 Å². The summed E-state index contributed by atoms with van der Waals surface area (Å²) in [7, 11) is -1.01. The van der Waals surface area contributed by atoms with Crippen LogP contribution in [0.15, 0.2) is 0 Å². The van der Waals surface area contributed by atoms with Crippen molar-refractivity contribution < 1.29 is 49.4 Å². The minimum Gasteiger partial charge on any atom is -1.00 e. The van der Waals surface area contributed by atoms with Crippen LogP contribution in [-0.2, 0) is 18.4 Å². The average molecular weight is 175 g/mol. The predicted octanol–water partition coefficient (Wildman–Crippen LogP) is -1.64. The molecule has 0 aromatic carbocycles. The molecule has 0 heterocycles. The van der Waals surface area contributed by atoms with E-state index < -0.39 is 14.2 Å². The molecule has 0 saturated heterocycles. The summed E-state index contributed by atoms with van der Waals surface area (Å²) in [6.45, 7) is 1.61. The minimum absolute atomic E-state index is 0. The van der Waals surface area contributed by atoms with E-state index in [4.69, 9.17) is 0 Å². The maximum Gasteiger partial charge on any atom is 1.00 e. The zero-order valence-electron chi connectivity index (χ0n) is 7.29. The van der Waals surface area contributed by atoms with E-state index in [1.54, 1.807) is 6.92 Å². The Morgan fingerprint density at radius 2 is 2.20 bits per heavy atom. The number of carbonyl (C=O) groups excluding carboxylic acids is 1. The maximum atomic E-state index is 10.3. The first kappa shape index (κ1) is 13.1. The van der Waals surface area contributed by atoms with Crippen molar-refractivity contribution in [2.75, 3.05) is 7.11 Å². The van der Waals surface area contributed by atoms with Gasteiger partial charge in [0.1, 0.15) is 0 Å². The Labute approximate surface area is 84.0 Å². The smallest absolute Gasteiger partial charge is 1.00 e. The Bertz CT molecular complexity index is 117. The molecule has 4 nitrogen and oxygen atoms in total. The van der Waals surface area contributed by atoms with Crippen LogP contribution in [-0.4, -0.2) is 13.1 Å². The van der Waals surface area contributed by atoms with Crippen LogP contribution in [0, 0.1) is 0 Å². The Kier molecular flexibility index (Phi) is 10.0. The number of hydrogen-bond acceptors (Lipinski definition) is 4. The second kappa shape index (κ2) is 7.63. The van der Waals surface area contributed by atoms with Gasteiger partial charge in [0.05, 0.1) is 7.11 Å². The van der Waals surface area contributed by atoms with E-state index in [0.717, 1.165) is 0 Å². The summed E-state index contributed by atoms with van der Waals surface area (Å²) in [5, 5.41) is 0. The molecule has 0 aromatic heterocycles. The van der Waals surface area contributed by atoms with Gasteiger partial charge in [-0.2, -0.15) is 4.52 Å². The summed E-state index contributed by atoms with van der Waals surface area (Å²) in [4.78, 5) is 10.3.